The fourth-order valence-electron chi connectivity index (χ4n) is 6.04. The Balaban J connectivity index is 1.17. The van der Waals surface area contributed by atoms with Gasteiger partial charge in [-0.05, 0) is 62.4 Å². The monoisotopic (exact) mass is 591 g/mol. The highest BCUT2D eigenvalue weighted by Gasteiger charge is 2.37. The molecule has 226 valence electrons. The van der Waals surface area contributed by atoms with Crippen LogP contribution in [-0.2, 0) is 4.79 Å². The van der Waals surface area contributed by atoms with Crippen LogP contribution in [0.25, 0.3) is 22.5 Å². The van der Waals surface area contributed by atoms with Gasteiger partial charge in [0, 0.05) is 28.8 Å². The van der Waals surface area contributed by atoms with E-state index in [1.165, 1.54) is 6.42 Å². The van der Waals surface area contributed by atoms with Crippen molar-refractivity contribution >= 4 is 12.0 Å². The predicted molar refractivity (Wildman–Crippen MR) is 167 cm³/mol. The van der Waals surface area contributed by atoms with Crippen molar-refractivity contribution in [2.75, 3.05) is 13.1 Å². The molecule has 10 nitrogen and oxygen atoms in total. The van der Waals surface area contributed by atoms with E-state index in [0.717, 1.165) is 65.3 Å². The van der Waals surface area contributed by atoms with Gasteiger partial charge in [-0.2, -0.15) is 0 Å². The molecule has 2 aromatic carbocycles. The van der Waals surface area contributed by atoms with Gasteiger partial charge in [-0.15, -0.1) is 0 Å². The van der Waals surface area contributed by atoms with E-state index < -0.39 is 12.1 Å². The molecule has 6 rings (SSSR count). The van der Waals surface area contributed by atoms with Crippen LogP contribution in [0.4, 0.5) is 4.79 Å². The van der Waals surface area contributed by atoms with Crippen molar-refractivity contribution in [3.05, 3.63) is 83.7 Å². The largest absolute Gasteiger partial charge is 0.465 e. The Kier molecular flexibility index (Phi) is 8.48. The number of H-pyrrole nitrogens is 2. The first-order chi connectivity index (χ1) is 21.4. The summed E-state index contributed by atoms with van der Waals surface area (Å²) >= 11 is 0. The third-order valence-electron chi connectivity index (χ3n) is 8.34. The van der Waals surface area contributed by atoms with Crippen LogP contribution in [0.5, 0.6) is 0 Å². The summed E-state index contributed by atoms with van der Waals surface area (Å²) < 4.78 is 0. The van der Waals surface area contributed by atoms with Gasteiger partial charge in [0.2, 0.25) is 5.91 Å². The minimum Gasteiger partial charge on any atom is -0.465 e. The van der Waals surface area contributed by atoms with Gasteiger partial charge in [-0.1, -0.05) is 50.0 Å². The number of aromatic amines is 2. The molecule has 2 amide bonds. The number of benzene rings is 2. The minimum atomic E-state index is -1.20. The Bertz CT molecular complexity index is 1710. The predicted octanol–water partition coefficient (Wildman–Crippen LogP) is 5.25. The number of amides is 2. The lowest BCUT2D eigenvalue weighted by molar-refractivity contribution is -0.135. The zero-order chi connectivity index (χ0) is 30.6. The van der Waals surface area contributed by atoms with E-state index in [2.05, 4.69) is 54.5 Å². The van der Waals surface area contributed by atoms with E-state index in [-0.39, 0.29) is 17.9 Å². The first kappa shape index (κ1) is 29.2. The number of carbonyl (C=O) groups is 2. The zero-order valence-electron chi connectivity index (χ0n) is 24.9. The van der Waals surface area contributed by atoms with Gasteiger partial charge in [-0.25, -0.2) is 14.8 Å². The lowest BCUT2D eigenvalue weighted by Crippen LogP contribution is -2.50. The fourth-order valence-corrected chi connectivity index (χ4v) is 6.04. The summed E-state index contributed by atoms with van der Waals surface area (Å²) in [7, 11) is 0. The Morgan fingerprint density at radius 2 is 1.57 bits per heavy atom. The van der Waals surface area contributed by atoms with Crippen LogP contribution in [0.2, 0.25) is 0 Å². The molecule has 4 aromatic rings. The summed E-state index contributed by atoms with van der Waals surface area (Å²) in [6.07, 6.45) is 6.33. The highest BCUT2D eigenvalue weighted by molar-refractivity contribution is 5.86. The van der Waals surface area contributed by atoms with Gasteiger partial charge in [0.25, 0.3) is 0 Å². The molecule has 0 radical (unpaired) electrons. The Labute approximate surface area is 256 Å². The van der Waals surface area contributed by atoms with Crippen LogP contribution in [0.15, 0.2) is 60.9 Å². The quantitative estimate of drug-likeness (QED) is 0.186. The van der Waals surface area contributed by atoms with E-state index in [9.17, 15) is 14.7 Å². The number of nitrogens with one attached hydrogen (secondary N) is 4. The Morgan fingerprint density at radius 1 is 0.932 bits per heavy atom. The first-order valence-corrected chi connectivity index (χ1v) is 15.2. The van der Waals surface area contributed by atoms with Crippen molar-refractivity contribution in [2.24, 2.45) is 5.92 Å². The van der Waals surface area contributed by atoms with Crippen LogP contribution >= 0.6 is 0 Å². The van der Waals surface area contributed by atoms with Crippen molar-refractivity contribution in [2.45, 2.75) is 57.7 Å². The lowest BCUT2D eigenvalue weighted by Gasteiger charge is -2.29. The molecule has 2 aromatic heterocycles. The number of carbonyl (C=O) groups excluding carboxylic acids is 1. The molecule has 5 N–H and O–H groups in total. The van der Waals surface area contributed by atoms with Crippen LogP contribution in [0.3, 0.4) is 0 Å². The third kappa shape index (κ3) is 6.38. The van der Waals surface area contributed by atoms with Crippen molar-refractivity contribution in [3.8, 4) is 34.4 Å². The molecule has 0 unspecified atom stereocenters. The number of carboxylic acid groups (broad SMARTS) is 1. The van der Waals surface area contributed by atoms with Crippen molar-refractivity contribution in [3.63, 3.8) is 0 Å². The summed E-state index contributed by atoms with van der Waals surface area (Å²) in [4.78, 5) is 42.5. The molecular weight excluding hydrogens is 554 g/mol. The molecule has 2 saturated heterocycles. The van der Waals surface area contributed by atoms with Crippen molar-refractivity contribution < 1.29 is 14.7 Å². The van der Waals surface area contributed by atoms with Crippen LogP contribution < -0.4 is 10.6 Å². The number of likely N-dealkylation sites (tertiary alicyclic amines) is 1. The number of hydrogen-bond donors (Lipinski definition) is 5. The van der Waals surface area contributed by atoms with E-state index in [1.54, 1.807) is 11.1 Å². The lowest BCUT2D eigenvalue weighted by atomic mass is 10.0. The summed E-state index contributed by atoms with van der Waals surface area (Å²) in [5.74, 6) is 7.88. The van der Waals surface area contributed by atoms with Gasteiger partial charge in [0.05, 0.1) is 35.9 Å². The van der Waals surface area contributed by atoms with Gasteiger partial charge >= 0.3 is 6.09 Å². The molecule has 2 fully saturated rings. The highest BCUT2D eigenvalue weighted by Crippen LogP contribution is 2.33. The molecule has 44 heavy (non-hydrogen) atoms. The smallest absolute Gasteiger partial charge is 0.405 e. The molecule has 0 bridgehead atoms. The SMILES string of the molecule is CC(C)[C@H](NC(=O)O)C(=O)N1CCC[C@H]1c1ncc(-c2cccc(C#Cc3cccc(-c4cnc([C@@H]5CCCN5)[nH]4)c3)c2)[nH]1. The summed E-state index contributed by atoms with van der Waals surface area (Å²) in [6, 6.07) is 15.4. The van der Waals surface area contributed by atoms with E-state index >= 15 is 0 Å². The van der Waals surface area contributed by atoms with Crippen LogP contribution in [-0.4, -0.2) is 61.1 Å². The van der Waals surface area contributed by atoms with Gasteiger partial charge in [0.1, 0.15) is 17.7 Å². The maximum Gasteiger partial charge on any atom is 0.405 e. The first-order valence-electron chi connectivity index (χ1n) is 15.2. The molecule has 2 aliphatic heterocycles. The van der Waals surface area contributed by atoms with E-state index in [1.807, 2.05) is 56.4 Å². The Morgan fingerprint density at radius 3 is 2.16 bits per heavy atom. The summed E-state index contributed by atoms with van der Waals surface area (Å²) in [6.45, 7) is 5.27. The maximum absolute atomic E-state index is 13.3. The molecule has 0 saturated carbocycles. The number of nitrogens with zero attached hydrogens (tertiary/aromatic N) is 3. The molecule has 3 atom stereocenters. The summed E-state index contributed by atoms with van der Waals surface area (Å²) in [5.41, 5.74) is 5.59. The normalized spacial score (nSPS) is 18.7. The fraction of sp³-hybridized carbons (Fsp3) is 0.353. The average molecular weight is 592 g/mol. The second-order valence-electron chi connectivity index (χ2n) is 11.8. The second-order valence-corrected chi connectivity index (χ2v) is 11.8. The number of imidazole rings is 2. The van der Waals surface area contributed by atoms with Crippen LogP contribution in [0.1, 0.15) is 74.4 Å². The molecule has 0 aliphatic carbocycles. The van der Waals surface area contributed by atoms with Crippen molar-refractivity contribution in [1.82, 2.24) is 35.5 Å². The summed E-state index contributed by atoms with van der Waals surface area (Å²) in [5, 5.41) is 15.1. The number of rotatable bonds is 7. The maximum atomic E-state index is 13.3. The third-order valence-corrected chi connectivity index (χ3v) is 8.34. The standard InChI is InChI=1S/C34H37N7O3/c1-21(2)30(40-34(43)44)33(42)41-16-6-12-29(41)32-37-20-28(39-32)25-10-4-8-23(18-25)14-13-22-7-3-9-24(17-22)27-19-36-31(38-27)26-11-5-15-35-26/h3-4,7-10,17-21,26,29-30,35,40H,5-6,11-12,15-16H2,1-2H3,(H,36,38)(H,37,39)(H,43,44)/t26-,29-,30-/m0/s1. The number of aromatic nitrogens is 4. The van der Waals surface area contributed by atoms with Crippen molar-refractivity contribution in [1.29, 1.82) is 0 Å². The second kappa shape index (κ2) is 12.8. The number of hydrogen-bond acceptors (Lipinski definition) is 5. The minimum absolute atomic E-state index is 0.171. The van der Waals surface area contributed by atoms with Crippen LogP contribution in [0, 0.1) is 17.8 Å². The Hall–Kier alpha value is -4.88. The zero-order valence-corrected chi connectivity index (χ0v) is 24.9. The van der Waals surface area contributed by atoms with Gasteiger partial charge in [0.15, 0.2) is 0 Å². The molecule has 4 heterocycles. The van der Waals surface area contributed by atoms with E-state index in [4.69, 9.17) is 0 Å². The topological polar surface area (TPSA) is 139 Å². The molecule has 2 aliphatic rings. The van der Waals surface area contributed by atoms with Gasteiger partial charge < -0.3 is 30.6 Å². The molecular formula is C34H37N7O3. The highest BCUT2D eigenvalue weighted by atomic mass is 16.4. The van der Waals surface area contributed by atoms with E-state index in [0.29, 0.717) is 18.4 Å². The average Bonchev–Trinajstić information content (AvgIpc) is 3.85. The molecule has 0 spiro atoms. The molecule has 10 heteroatoms. The van der Waals surface area contributed by atoms with Gasteiger partial charge in [-0.3, -0.25) is 4.79 Å².